The van der Waals surface area contributed by atoms with Crippen LogP contribution >= 0.6 is 0 Å². The minimum atomic E-state index is -1.46. The normalized spacial score (nSPS) is 15.5. The number of halogens is 1. The number of fused-ring (bicyclic) bond motifs is 1. The van der Waals surface area contributed by atoms with E-state index in [9.17, 15) is 0 Å². The van der Waals surface area contributed by atoms with E-state index in [1.165, 1.54) is 0 Å². The Morgan fingerprint density at radius 2 is 1.90 bits per heavy atom. The van der Waals surface area contributed by atoms with Gasteiger partial charge in [0.1, 0.15) is 11.5 Å². The molecule has 0 aliphatic rings. The van der Waals surface area contributed by atoms with Gasteiger partial charge in [0.25, 0.3) is 0 Å². The molecule has 2 rings (SSSR count). The second-order valence-corrected chi connectivity index (χ2v) is 6.36. The van der Waals surface area contributed by atoms with Gasteiger partial charge in [-0.3, -0.25) is 0 Å². The lowest BCUT2D eigenvalue weighted by Crippen LogP contribution is -2.47. The summed E-state index contributed by atoms with van der Waals surface area (Å²) in [5.41, 5.74) is 5.71. The molecule has 1 heterocycles. The average molecular weight is 277 g/mol. The van der Waals surface area contributed by atoms with Crippen LogP contribution in [-0.4, -0.2) is 21.8 Å². The first-order chi connectivity index (χ1) is 9.32. The van der Waals surface area contributed by atoms with Crippen molar-refractivity contribution in [2.24, 2.45) is 11.1 Å². The first-order valence-corrected chi connectivity index (χ1v) is 7.15. The van der Waals surface area contributed by atoms with Crippen LogP contribution in [0, 0.1) is 5.41 Å². The second kappa shape index (κ2) is 5.17. The van der Waals surface area contributed by atoms with Crippen LogP contribution in [0.2, 0.25) is 0 Å². The van der Waals surface area contributed by atoms with Gasteiger partial charge >= 0.3 is 0 Å². The smallest absolute Gasteiger partial charge is 0.134 e. The van der Waals surface area contributed by atoms with Crippen molar-refractivity contribution in [3.05, 3.63) is 30.1 Å². The van der Waals surface area contributed by atoms with E-state index in [0.29, 0.717) is 0 Å². The molecule has 0 spiro atoms. The van der Waals surface area contributed by atoms with Crippen molar-refractivity contribution in [1.29, 1.82) is 0 Å². The first-order valence-electron chi connectivity index (χ1n) is 7.15. The molecule has 0 amide bonds. The number of hydrogen-bond acceptors (Lipinski definition) is 2. The molecule has 1 aromatic carbocycles. The van der Waals surface area contributed by atoms with E-state index in [1.807, 2.05) is 45.0 Å². The number of nitrogens with two attached hydrogens (primary N) is 1. The molecule has 1 unspecified atom stereocenters. The molecule has 4 heteroatoms. The number of benzene rings is 1. The fourth-order valence-electron chi connectivity index (χ4n) is 2.51. The SMILES string of the molecule is CCn1c(CC(F)(CN)C(C)(C)C)nc2ccccc21. The Hall–Kier alpha value is -1.42. The lowest BCUT2D eigenvalue weighted by Gasteiger charge is -2.36. The molecule has 1 atom stereocenters. The van der Waals surface area contributed by atoms with E-state index < -0.39 is 11.1 Å². The zero-order valence-electron chi connectivity index (χ0n) is 12.8. The topological polar surface area (TPSA) is 43.8 Å². The molecule has 2 N–H and O–H groups in total. The summed E-state index contributed by atoms with van der Waals surface area (Å²) in [6.07, 6.45) is 0.246. The minimum absolute atomic E-state index is 0.00339. The van der Waals surface area contributed by atoms with Gasteiger partial charge in [-0.05, 0) is 24.5 Å². The third kappa shape index (κ3) is 2.44. The molecule has 0 aliphatic heterocycles. The van der Waals surface area contributed by atoms with E-state index in [1.54, 1.807) is 0 Å². The van der Waals surface area contributed by atoms with Crippen molar-refractivity contribution >= 4 is 11.0 Å². The molecule has 3 nitrogen and oxygen atoms in total. The summed E-state index contributed by atoms with van der Waals surface area (Å²) in [4.78, 5) is 4.60. The number of rotatable bonds is 4. The number of nitrogens with zero attached hydrogens (tertiary/aromatic N) is 2. The summed E-state index contributed by atoms with van der Waals surface area (Å²) in [5, 5.41) is 0. The van der Waals surface area contributed by atoms with E-state index in [4.69, 9.17) is 5.73 Å². The van der Waals surface area contributed by atoms with Crippen LogP contribution in [0.15, 0.2) is 24.3 Å². The highest BCUT2D eigenvalue weighted by molar-refractivity contribution is 5.75. The lowest BCUT2D eigenvalue weighted by atomic mass is 9.75. The van der Waals surface area contributed by atoms with Crippen molar-refractivity contribution < 1.29 is 4.39 Å². The molecule has 0 bridgehead atoms. The standard InChI is InChI=1S/C16H24FN3/c1-5-20-13-9-7-6-8-12(13)19-14(20)10-16(17,11-18)15(2,3)4/h6-9H,5,10-11,18H2,1-4H3. The Labute approximate surface area is 120 Å². The maximum Gasteiger partial charge on any atom is 0.134 e. The monoisotopic (exact) mass is 277 g/mol. The number of para-hydroxylation sites is 2. The Bertz CT molecular complexity index is 597. The third-order valence-electron chi connectivity index (χ3n) is 4.16. The van der Waals surface area contributed by atoms with Crippen LogP contribution < -0.4 is 5.73 Å². The van der Waals surface area contributed by atoms with Crippen LogP contribution in [-0.2, 0) is 13.0 Å². The van der Waals surface area contributed by atoms with Crippen LogP contribution in [0.25, 0.3) is 11.0 Å². The molecule has 2 aromatic rings. The van der Waals surface area contributed by atoms with Gasteiger partial charge < -0.3 is 10.3 Å². The molecule has 0 saturated carbocycles. The molecule has 0 aliphatic carbocycles. The van der Waals surface area contributed by atoms with Crippen LogP contribution in [0.5, 0.6) is 0 Å². The Kier molecular flexibility index (Phi) is 3.87. The van der Waals surface area contributed by atoms with Gasteiger partial charge in [0.05, 0.1) is 11.0 Å². The van der Waals surface area contributed by atoms with Crippen LogP contribution in [0.4, 0.5) is 4.39 Å². The summed E-state index contributed by atoms with van der Waals surface area (Å²) >= 11 is 0. The summed E-state index contributed by atoms with van der Waals surface area (Å²) in [6.45, 7) is 8.50. The molecule has 0 radical (unpaired) electrons. The van der Waals surface area contributed by atoms with Gasteiger partial charge in [0.15, 0.2) is 0 Å². The van der Waals surface area contributed by atoms with Crippen molar-refractivity contribution in [2.75, 3.05) is 6.54 Å². The maximum absolute atomic E-state index is 15.2. The Morgan fingerprint density at radius 3 is 2.45 bits per heavy atom. The minimum Gasteiger partial charge on any atom is -0.328 e. The molecule has 0 saturated heterocycles. The fraction of sp³-hybridized carbons (Fsp3) is 0.562. The largest absolute Gasteiger partial charge is 0.328 e. The van der Waals surface area contributed by atoms with Gasteiger partial charge in [-0.1, -0.05) is 32.9 Å². The first kappa shape index (κ1) is 15.0. The zero-order chi connectivity index (χ0) is 15.0. The number of imidazole rings is 1. The van der Waals surface area contributed by atoms with E-state index >= 15 is 4.39 Å². The van der Waals surface area contributed by atoms with Gasteiger partial charge in [-0.25, -0.2) is 9.37 Å². The number of aromatic nitrogens is 2. The van der Waals surface area contributed by atoms with Gasteiger partial charge in [0.2, 0.25) is 0 Å². The lowest BCUT2D eigenvalue weighted by molar-refractivity contribution is 0.0356. The van der Waals surface area contributed by atoms with Crippen molar-refractivity contribution in [3.8, 4) is 0 Å². The van der Waals surface area contributed by atoms with Gasteiger partial charge in [-0.2, -0.15) is 0 Å². The highest BCUT2D eigenvalue weighted by atomic mass is 19.1. The summed E-state index contributed by atoms with van der Waals surface area (Å²) in [5.74, 6) is 0.775. The average Bonchev–Trinajstić information content (AvgIpc) is 2.74. The Balaban J connectivity index is 2.48. The van der Waals surface area contributed by atoms with E-state index in [-0.39, 0.29) is 13.0 Å². The van der Waals surface area contributed by atoms with Gasteiger partial charge in [0, 0.05) is 19.5 Å². The highest BCUT2D eigenvalue weighted by Crippen LogP contribution is 2.36. The predicted molar refractivity (Wildman–Crippen MR) is 81.5 cm³/mol. The summed E-state index contributed by atoms with van der Waals surface area (Å²) in [7, 11) is 0. The molecular formula is C16H24FN3. The van der Waals surface area contributed by atoms with Crippen LogP contribution in [0.1, 0.15) is 33.5 Å². The fourth-order valence-corrected chi connectivity index (χ4v) is 2.51. The number of hydrogen-bond donors (Lipinski definition) is 1. The maximum atomic E-state index is 15.2. The van der Waals surface area contributed by atoms with Crippen molar-refractivity contribution in [1.82, 2.24) is 9.55 Å². The second-order valence-electron chi connectivity index (χ2n) is 6.36. The van der Waals surface area contributed by atoms with Crippen LogP contribution in [0.3, 0.4) is 0 Å². The molecule has 110 valence electrons. The Morgan fingerprint density at radius 1 is 1.25 bits per heavy atom. The molecular weight excluding hydrogens is 253 g/mol. The number of alkyl halides is 1. The quantitative estimate of drug-likeness (QED) is 0.931. The molecule has 20 heavy (non-hydrogen) atoms. The van der Waals surface area contributed by atoms with Crippen molar-refractivity contribution in [2.45, 2.75) is 46.3 Å². The highest BCUT2D eigenvalue weighted by Gasteiger charge is 2.42. The predicted octanol–water partition coefficient (Wildman–Crippen LogP) is 3.31. The van der Waals surface area contributed by atoms with E-state index in [2.05, 4.69) is 16.5 Å². The number of aryl methyl sites for hydroxylation is 1. The summed E-state index contributed by atoms with van der Waals surface area (Å²) in [6, 6.07) is 7.92. The molecule has 0 fully saturated rings. The third-order valence-corrected chi connectivity index (χ3v) is 4.16. The van der Waals surface area contributed by atoms with E-state index in [0.717, 1.165) is 23.4 Å². The van der Waals surface area contributed by atoms with Gasteiger partial charge in [-0.15, -0.1) is 0 Å². The molecule has 1 aromatic heterocycles. The van der Waals surface area contributed by atoms with Crippen molar-refractivity contribution in [3.63, 3.8) is 0 Å². The summed E-state index contributed by atoms with van der Waals surface area (Å²) < 4.78 is 17.3. The zero-order valence-corrected chi connectivity index (χ0v) is 12.8.